The Kier molecular flexibility index (Phi) is 5.23. The molecule has 1 aromatic carbocycles. The quantitative estimate of drug-likeness (QED) is 0.657. The van der Waals surface area contributed by atoms with Gasteiger partial charge < -0.3 is 4.74 Å². The predicted molar refractivity (Wildman–Crippen MR) is 76.1 cm³/mol. The van der Waals surface area contributed by atoms with E-state index in [2.05, 4.69) is 9.83 Å². The first-order chi connectivity index (χ1) is 9.79. The van der Waals surface area contributed by atoms with Crippen molar-refractivity contribution >= 4 is 12.2 Å². The highest BCUT2D eigenvalue weighted by atomic mass is 16.6. The van der Waals surface area contributed by atoms with E-state index in [1.165, 1.54) is 0 Å². The molecule has 0 aromatic heterocycles. The molecule has 0 radical (unpaired) electrons. The summed E-state index contributed by atoms with van der Waals surface area (Å²) in [5.41, 5.74) is 2.14. The van der Waals surface area contributed by atoms with Crippen LogP contribution >= 0.6 is 0 Å². The second-order valence-corrected chi connectivity index (χ2v) is 4.22. The van der Waals surface area contributed by atoms with E-state index in [1.54, 1.807) is 30.5 Å². The van der Waals surface area contributed by atoms with Crippen LogP contribution in [0, 0.1) is 0 Å². The highest BCUT2D eigenvalue weighted by Crippen LogP contribution is 2.09. The minimum atomic E-state index is -0.345. The zero-order valence-corrected chi connectivity index (χ0v) is 11.0. The molecule has 0 spiro atoms. The van der Waals surface area contributed by atoms with Gasteiger partial charge in [-0.2, -0.15) is 0 Å². The van der Waals surface area contributed by atoms with E-state index in [-0.39, 0.29) is 19.2 Å². The van der Waals surface area contributed by atoms with E-state index in [9.17, 15) is 4.79 Å². The molecule has 0 saturated heterocycles. The number of hydrogen-bond acceptors (Lipinski definition) is 5. The molecule has 0 unspecified atom stereocenters. The number of allylic oxidation sites excluding steroid dienone is 2. The van der Waals surface area contributed by atoms with Gasteiger partial charge >= 0.3 is 5.97 Å². The van der Waals surface area contributed by atoms with Crippen LogP contribution in [0.4, 0.5) is 0 Å². The maximum absolute atomic E-state index is 11.8. The molecule has 0 fully saturated rings. The van der Waals surface area contributed by atoms with Crippen molar-refractivity contribution in [2.75, 3.05) is 13.2 Å². The van der Waals surface area contributed by atoms with E-state index < -0.39 is 0 Å². The second kappa shape index (κ2) is 7.37. The molecule has 5 heteroatoms. The minimum Gasteiger partial charge on any atom is -0.457 e. The number of nitrogens with zero attached hydrogens (tertiary/aromatic N) is 1. The Hall–Kier alpha value is -2.24. The molecular weight excluding hydrogens is 256 g/mol. The lowest BCUT2D eigenvalue weighted by atomic mass is 10.2. The van der Waals surface area contributed by atoms with Crippen LogP contribution in [-0.2, 0) is 9.57 Å². The van der Waals surface area contributed by atoms with Crippen LogP contribution in [0.1, 0.15) is 16.8 Å². The van der Waals surface area contributed by atoms with Crippen molar-refractivity contribution in [3.63, 3.8) is 0 Å². The normalized spacial score (nSPS) is 14.2. The van der Waals surface area contributed by atoms with E-state index in [0.717, 1.165) is 11.3 Å². The molecule has 1 aliphatic rings. The summed E-state index contributed by atoms with van der Waals surface area (Å²) in [5, 5.41) is 0. The lowest BCUT2D eigenvalue weighted by Crippen LogP contribution is -2.08. The summed E-state index contributed by atoms with van der Waals surface area (Å²) in [6, 6.07) is 8.88. The first-order valence-electron chi connectivity index (χ1n) is 6.25. The largest absolute Gasteiger partial charge is 0.457 e. The van der Waals surface area contributed by atoms with Crippen molar-refractivity contribution < 1.29 is 14.4 Å². The number of benzene rings is 1. The third kappa shape index (κ3) is 4.15. The van der Waals surface area contributed by atoms with Crippen LogP contribution in [0.3, 0.4) is 0 Å². The number of nitrogens with two attached hydrogens (primary N) is 1. The molecule has 0 aliphatic carbocycles. The summed E-state index contributed by atoms with van der Waals surface area (Å²) in [5.74, 6) is 4.66. The second-order valence-electron chi connectivity index (χ2n) is 4.22. The molecular formula is C15H16N2O3. The Morgan fingerprint density at radius 3 is 2.75 bits per heavy atom. The molecule has 2 N–H and O–H groups in total. The third-order valence-corrected chi connectivity index (χ3v) is 2.74. The Morgan fingerprint density at radius 2 is 2.00 bits per heavy atom. The Balaban J connectivity index is 1.88. The lowest BCUT2D eigenvalue weighted by Gasteiger charge is -2.04. The van der Waals surface area contributed by atoms with Crippen molar-refractivity contribution in [2.45, 2.75) is 6.42 Å². The monoisotopic (exact) mass is 272 g/mol. The average molecular weight is 272 g/mol. The van der Waals surface area contributed by atoms with Gasteiger partial charge in [0.1, 0.15) is 13.2 Å². The van der Waals surface area contributed by atoms with Crippen molar-refractivity contribution in [1.82, 2.24) is 0 Å². The fourth-order valence-electron chi connectivity index (χ4n) is 1.70. The van der Waals surface area contributed by atoms with E-state index in [4.69, 9.17) is 10.6 Å². The summed E-state index contributed by atoms with van der Waals surface area (Å²) < 4.78 is 5.24. The molecule has 0 amide bonds. The first kappa shape index (κ1) is 14.2. The zero-order valence-electron chi connectivity index (χ0n) is 11.0. The first-order valence-corrected chi connectivity index (χ1v) is 6.25. The maximum Gasteiger partial charge on any atom is 0.338 e. The smallest absolute Gasteiger partial charge is 0.338 e. The molecule has 0 atom stereocenters. The molecule has 1 heterocycles. The molecule has 1 aliphatic heterocycles. The van der Waals surface area contributed by atoms with E-state index >= 15 is 0 Å². The maximum atomic E-state index is 11.8. The predicted octanol–water partition coefficient (Wildman–Crippen LogP) is 2.02. The van der Waals surface area contributed by atoms with Gasteiger partial charge in [0.25, 0.3) is 0 Å². The van der Waals surface area contributed by atoms with Crippen LogP contribution in [0.5, 0.6) is 0 Å². The summed E-state index contributed by atoms with van der Waals surface area (Å²) in [4.78, 5) is 20.6. The van der Waals surface area contributed by atoms with Crippen molar-refractivity contribution in [3.05, 3.63) is 59.3 Å². The zero-order chi connectivity index (χ0) is 14.2. The summed E-state index contributed by atoms with van der Waals surface area (Å²) in [7, 11) is 0. The highest BCUT2D eigenvalue weighted by molar-refractivity contribution is 5.90. The Morgan fingerprint density at radius 1 is 1.20 bits per heavy atom. The van der Waals surface area contributed by atoms with Gasteiger partial charge in [-0.05, 0) is 18.6 Å². The van der Waals surface area contributed by atoms with Crippen molar-refractivity contribution in [3.8, 4) is 0 Å². The van der Waals surface area contributed by atoms with Crippen LogP contribution in [0.2, 0.25) is 0 Å². The molecule has 0 bridgehead atoms. The van der Waals surface area contributed by atoms with Gasteiger partial charge in [0, 0.05) is 11.8 Å². The molecule has 20 heavy (non-hydrogen) atoms. The molecule has 104 valence electrons. The van der Waals surface area contributed by atoms with E-state index in [0.29, 0.717) is 12.0 Å². The highest BCUT2D eigenvalue weighted by Gasteiger charge is 2.07. The molecule has 1 aromatic rings. The average Bonchev–Trinajstić information content (AvgIpc) is 2.71. The Bertz CT molecular complexity index is 547. The minimum absolute atomic E-state index is 0.196. The van der Waals surface area contributed by atoms with Gasteiger partial charge in [-0.15, -0.1) is 0 Å². The van der Waals surface area contributed by atoms with Gasteiger partial charge in [-0.3, -0.25) is 9.83 Å². The van der Waals surface area contributed by atoms with Crippen LogP contribution in [-0.4, -0.2) is 25.4 Å². The number of aliphatic imine (C=N–C) groups is 1. The molecule has 0 saturated carbocycles. The van der Waals surface area contributed by atoms with Crippen LogP contribution < -0.4 is 5.90 Å². The van der Waals surface area contributed by atoms with Gasteiger partial charge in [0.2, 0.25) is 0 Å². The number of hydrogen-bond donors (Lipinski definition) is 1. The standard InChI is InChI=1S/C15H16N2O3/c16-20-11-14-8-4-5-12(9-17-14)10-19-15(18)13-6-2-1-3-7-13/h1-3,5-9H,4,10-11,16H2. The topological polar surface area (TPSA) is 73.9 Å². The SMILES string of the molecule is NOCC1=CCC=C(COC(=O)c2ccccc2)C=N1. The molecule has 5 nitrogen and oxygen atoms in total. The number of carbonyl (C=O) groups excluding carboxylic acids is 1. The van der Waals surface area contributed by atoms with Gasteiger partial charge in [-0.25, -0.2) is 10.7 Å². The van der Waals surface area contributed by atoms with Crippen molar-refractivity contribution in [1.29, 1.82) is 0 Å². The van der Waals surface area contributed by atoms with Crippen molar-refractivity contribution in [2.24, 2.45) is 10.9 Å². The van der Waals surface area contributed by atoms with Crippen LogP contribution in [0.25, 0.3) is 0 Å². The lowest BCUT2D eigenvalue weighted by molar-refractivity contribution is 0.0545. The number of ether oxygens (including phenoxy) is 1. The third-order valence-electron chi connectivity index (χ3n) is 2.74. The number of esters is 1. The van der Waals surface area contributed by atoms with Gasteiger partial charge in [0.05, 0.1) is 11.3 Å². The fraction of sp³-hybridized carbons (Fsp3) is 0.200. The summed E-state index contributed by atoms with van der Waals surface area (Å²) in [6.45, 7) is 0.462. The van der Waals surface area contributed by atoms with Crippen LogP contribution in [0.15, 0.2) is 58.7 Å². The fourth-order valence-corrected chi connectivity index (χ4v) is 1.70. The van der Waals surface area contributed by atoms with Gasteiger partial charge in [0.15, 0.2) is 0 Å². The summed E-state index contributed by atoms with van der Waals surface area (Å²) >= 11 is 0. The van der Waals surface area contributed by atoms with Gasteiger partial charge in [-0.1, -0.05) is 30.4 Å². The molecule has 2 rings (SSSR count). The number of rotatable bonds is 5. The number of carbonyl (C=O) groups is 1. The van der Waals surface area contributed by atoms with E-state index in [1.807, 2.05) is 18.2 Å². The Labute approximate surface area is 117 Å². The summed E-state index contributed by atoms with van der Waals surface area (Å²) in [6.07, 6.45) is 6.23.